The van der Waals surface area contributed by atoms with Gasteiger partial charge in [0.1, 0.15) is 0 Å². The van der Waals surface area contributed by atoms with Gasteiger partial charge in [-0.15, -0.1) is 0 Å². The van der Waals surface area contributed by atoms with E-state index in [-0.39, 0.29) is 22.9 Å². The lowest BCUT2D eigenvalue weighted by molar-refractivity contribution is -0.137. The zero-order valence-corrected chi connectivity index (χ0v) is 21.7. The lowest BCUT2D eigenvalue weighted by Gasteiger charge is -2.18. The fourth-order valence-electron chi connectivity index (χ4n) is 3.70. The van der Waals surface area contributed by atoms with E-state index in [4.69, 9.17) is 21.1 Å². The molecule has 1 atom stereocenters. The maximum absolute atomic E-state index is 13.4. The maximum Gasteiger partial charge on any atom is 0.416 e. The second-order valence-corrected chi connectivity index (χ2v) is 8.90. The van der Waals surface area contributed by atoms with E-state index in [2.05, 4.69) is 10.1 Å². The van der Waals surface area contributed by atoms with Crippen molar-refractivity contribution in [2.45, 2.75) is 39.5 Å². The topological polar surface area (TPSA) is 65.7 Å². The smallest absolute Gasteiger partial charge is 0.416 e. The number of hydrogen-bond donors (Lipinski definition) is 0. The van der Waals surface area contributed by atoms with Gasteiger partial charge in [0.25, 0.3) is 5.56 Å². The SMILES string of the molecule is CCOc1cc(C=Nn2c(-c3cccc(C(F)(F)F)c3)nc3ccccc3c2=O)cc(Cl)c1O[C@H](C)CC. The van der Waals surface area contributed by atoms with Crippen molar-refractivity contribution < 1.29 is 22.6 Å². The van der Waals surface area contributed by atoms with Crippen LogP contribution in [0.4, 0.5) is 13.2 Å². The minimum absolute atomic E-state index is 0.0381. The molecule has 10 heteroatoms. The van der Waals surface area contributed by atoms with Gasteiger partial charge in [0.2, 0.25) is 0 Å². The predicted molar refractivity (Wildman–Crippen MR) is 142 cm³/mol. The molecule has 0 aliphatic heterocycles. The molecule has 0 saturated heterocycles. The Morgan fingerprint density at radius 3 is 2.58 bits per heavy atom. The van der Waals surface area contributed by atoms with Crippen LogP contribution in [0, 0.1) is 0 Å². The molecule has 0 aliphatic rings. The van der Waals surface area contributed by atoms with E-state index >= 15 is 0 Å². The molecular weight excluding hydrogens is 519 g/mol. The Labute approximate surface area is 222 Å². The molecule has 198 valence electrons. The van der Waals surface area contributed by atoms with E-state index in [1.807, 2.05) is 20.8 Å². The Balaban J connectivity index is 1.86. The molecular formula is C28H25ClF3N3O3. The predicted octanol–water partition coefficient (Wildman–Crippen LogP) is 7.19. The number of aromatic nitrogens is 2. The van der Waals surface area contributed by atoms with Crippen LogP contribution in [-0.2, 0) is 6.18 Å². The number of nitrogens with zero attached hydrogens (tertiary/aromatic N) is 3. The van der Waals surface area contributed by atoms with Crippen molar-refractivity contribution >= 4 is 28.7 Å². The van der Waals surface area contributed by atoms with E-state index in [9.17, 15) is 18.0 Å². The first-order valence-electron chi connectivity index (χ1n) is 12.0. The molecule has 0 bridgehead atoms. The van der Waals surface area contributed by atoms with Gasteiger partial charge in [-0.25, -0.2) is 4.98 Å². The summed E-state index contributed by atoms with van der Waals surface area (Å²) in [7, 11) is 0. The van der Waals surface area contributed by atoms with Gasteiger partial charge in [-0.1, -0.05) is 42.8 Å². The molecule has 4 rings (SSSR count). The molecule has 6 nitrogen and oxygen atoms in total. The fourth-order valence-corrected chi connectivity index (χ4v) is 3.96. The minimum Gasteiger partial charge on any atom is -0.490 e. The van der Waals surface area contributed by atoms with Crippen molar-refractivity contribution in [2.24, 2.45) is 5.10 Å². The number of halogens is 4. The summed E-state index contributed by atoms with van der Waals surface area (Å²) in [5, 5.41) is 4.88. The molecule has 1 aromatic heterocycles. The normalized spacial score (nSPS) is 12.7. The number of benzene rings is 3. The van der Waals surface area contributed by atoms with Crippen LogP contribution in [0.1, 0.15) is 38.3 Å². The van der Waals surface area contributed by atoms with Crippen molar-refractivity contribution in [3.8, 4) is 22.9 Å². The lowest BCUT2D eigenvalue weighted by Crippen LogP contribution is -2.20. The second kappa shape index (κ2) is 11.3. The summed E-state index contributed by atoms with van der Waals surface area (Å²) in [4.78, 5) is 17.9. The van der Waals surface area contributed by atoms with Crippen LogP contribution in [0.25, 0.3) is 22.3 Å². The second-order valence-electron chi connectivity index (χ2n) is 8.49. The molecule has 0 unspecified atom stereocenters. The van der Waals surface area contributed by atoms with Crippen LogP contribution in [0.3, 0.4) is 0 Å². The highest BCUT2D eigenvalue weighted by Gasteiger charge is 2.31. The van der Waals surface area contributed by atoms with Crippen LogP contribution in [-0.4, -0.2) is 28.6 Å². The van der Waals surface area contributed by atoms with Gasteiger partial charge in [-0.05, 0) is 62.2 Å². The highest BCUT2D eigenvalue weighted by atomic mass is 35.5. The number of hydrogen-bond acceptors (Lipinski definition) is 5. The largest absolute Gasteiger partial charge is 0.490 e. The van der Waals surface area contributed by atoms with Crippen molar-refractivity contribution in [3.05, 3.63) is 87.2 Å². The molecule has 3 aromatic carbocycles. The summed E-state index contributed by atoms with van der Waals surface area (Å²) in [6, 6.07) is 14.4. The van der Waals surface area contributed by atoms with Gasteiger partial charge >= 0.3 is 6.18 Å². The number of alkyl halides is 3. The molecule has 0 spiro atoms. The van der Waals surface area contributed by atoms with Crippen LogP contribution < -0.4 is 15.0 Å². The molecule has 0 aliphatic carbocycles. The number of fused-ring (bicyclic) bond motifs is 1. The average molecular weight is 544 g/mol. The third kappa shape index (κ3) is 5.83. The zero-order chi connectivity index (χ0) is 27.4. The van der Waals surface area contributed by atoms with Crippen molar-refractivity contribution in [3.63, 3.8) is 0 Å². The molecule has 0 fully saturated rings. The molecule has 1 heterocycles. The number of rotatable bonds is 8. The van der Waals surface area contributed by atoms with Crippen LogP contribution in [0.5, 0.6) is 11.5 Å². The first kappa shape index (κ1) is 27.2. The third-order valence-electron chi connectivity index (χ3n) is 5.75. The minimum atomic E-state index is -4.56. The van der Waals surface area contributed by atoms with E-state index in [1.165, 1.54) is 18.3 Å². The third-order valence-corrected chi connectivity index (χ3v) is 6.03. The Kier molecular flexibility index (Phi) is 8.06. The summed E-state index contributed by atoms with van der Waals surface area (Å²) < 4.78 is 52.8. The molecule has 38 heavy (non-hydrogen) atoms. The molecule has 0 saturated carbocycles. The van der Waals surface area contributed by atoms with E-state index in [1.54, 1.807) is 36.4 Å². The fraction of sp³-hybridized carbons (Fsp3) is 0.250. The quantitative estimate of drug-likeness (QED) is 0.221. The van der Waals surface area contributed by atoms with Gasteiger partial charge in [0.15, 0.2) is 17.3 Å². The number of ether oxygens (including phenoxy) is 2. The molecule has 0 amide bonds. The molecule has 4 aromatic rings. The highest BCUT2D eigenvalue weighted by Crippen LogP contribution is 2.37. The maximum atomic E-state index is 13.4. The first-order valence-corrected chi connectivity index (χ1v) is 12.4. The Morgan fingerprint density at radius 1 is 1.11 bits per heavy atom. The lowest BCUT2D eigenvalue weighted by atomic mass is 10.1. The Morgan fingerprint density at radius 2 is 1.87 bits per heavy atom. The van der Waals surface area contributed by atoms with Gasteiger partial charge < -0.3 is 9.47 Å². The van der Waals surface area contributed by atoms with Gasteiger partial charge in [0, 0.05) is 5.56 Å². The standard InChI is InChI=1S/C28H25ClF3N3O3/c1-4-17(3)38-25-22(29)13-18(14-24(25)37-5-2)16-33-35-26(19-9-8-10-20(15-19)28(30,31)32)34-23-12-7-6-11-21(23)27(35)36/h6-17H,4-5H2,1-3H3/t17-/m1/s1. The summed E-state index contributed by atoms with van der Waals surface area (Å²) in [5.41, 5.74) is -0.482. The Bertz CT molecular complexity index is 1550. The number of para-hydroxylation sites is 1. The van der Waals surface area contributed by atoms with Crippen LogP contribution in [0.15, 0.2) is 70.6 Å². The van der Waals surface area contributed by atoms with Gasteiger partial charge in [-0.2, -0.15) is 22.9 Å². The molecule has 0 N–H and O–H groups in total. The van der Waals surface area contributed by atoms with Crippen molar-refractivity contribution in [1.82, 2.24) is 9.66 Å². The first-order chi connectivity index (χ1) is 18.1. The summed E-state index contributed by atoms with van der Waals surface area (Å²) in [6.45, 7) is 6.08. The van der Waals surface area contributed by atoms with E-state index in [0.29, 0.717) is 34.2 Å². The Hall–Kier alpha value is -3.85. The van der Waals surface area contributed by atoms with Crippen molar-refractivity contribution in [1.29, 1.82) is 0 Å². The summed E-state index contributed by atoms with van der Waals surface area (Å²) >= 11 is 6.50. The summed E-state index contributed by atoms with van der Waals surface area (Å²) in [6.07, 6.45) is -2.52. The van der Waals surface area contributed by atoms with Crippen LogP contribution in [0.2, 0.25) is 5.02 Å². The van der Waals surface area contributed by atoms with Crippen molar-refractivity contribution in [2.75, 3.05) is 6.61 Å². The van der Waals surface area contributed by atoms with Gasteiger partial charge in [0.05, 0.1) is 40.4 Å². The zero-order valence-electron chi connectivity index (χ0n) is 20.9. The average Bonchev–Trinajstić information content (AvgIpc) is 2.89. The highest BCUT2D eigenvalue weighted by molar-refractivity contribution is 6.32. The van der Waals surface area contributed by atoms with E-state index < -0.39 is 17.3 Å². The summed E-state index contributed by atoms with van der Waals surface area (Å²) in [5.74, 6) is 0.766. The van der Waals surface area contributed by atoms with Gasteiger partial charge in [-0.3, -0.25) is 4.79 Å². The monoisotopic (exact) mass is 543 g/mol. The van der Waals surface area contributed by atoms with E-state index in [0.717, 1.165) is 23.2 Å². The van der Waals surface area contributed by atoms with Crippen LogP contribution >= 0.6 is 11.6 Å². The molecule has 0 radical (unpaired) electrons.